The average Bonchev–Trinajstić information content (AvgIpc) is 2.97. The summed E-state index contributed by atoms with van der Waals surface area (Å²) < 4.78 is 10.9. The number of ether oxygens (including phenoxy) is 1. The molecule has 2 unspecified atom stereocenters. The van der Waals surface area contributed by atoms with Gasteiger partial charge in [0.25, 0.3) is 0 Å². The van der Waals surface area contributed by atoms with Crippen molar-refractivity contribution in [1.82, 2.24) is 5.32 Å². The summed E-state index contributed by atoms with van der Waals surface area (Å²) in [7, 11) is 0. The van der Waals surface area contributed by atoms with Crippen LogP contribution in [0.5, 0.6) is 5.75 Å². The molecular formula is C17H23NO3. The Bertz CT molecular complexity index is 507. The number of furan rings is 1. The fourth-order valence-electron chi connectivity index (χ4n) is 2.03. The summed E-state index contributed by atoms with van der Waals surface area (Å²) in [5.41, 5.74) is 1.19. The first-order valence-electron chi connectivity index (χ1n) is 7.27. The normalized spacial score (nSPS) is 13.9. The molecule has 0 aliphatic carbocycles. The Morgan fingerprint density at radius 1 is 1.24 bits per heavy atom. The molecule has 114 valence electrons. The number of benzene rings is 1. The molecule has 2 N–H and O–H groups in total. The highest BCUT2D eigenvalue weighted by Crippen LogP contribution is 2.11. The number of rotatable bonds is 8. The number of hydrogen-bond donors (Lipinski definition) is 2. The SMILES string of the molecule is Cc1ccc(OCC(O)CNC(C)Cc2ccco2)cc1. The van der Waals surface area contributed by atoms with E-state index in [0.29, 0.717) is 6.54 Å². The van der Waals surface area contributed by atoms with Gasteiger partial charge >= 0.3 is 0 Å². The third kappa shape index (κ3) is 5.61. The van der Waals surface area contributed by atoms with Crippen molar-refractivity contribution < 1.29 is 14.3 Å². The Kier molecular flexibility index (Phi) is 5.84. The van der Waals surface area contributed by atoms with E-state index in [2.05, 4.69) is 12.2 Å². The Morgan fingerprint density at radius 2 is 2.00 bits per heavy atom. The smallest absolute Gasteiger partial charge is 0.119 e. The summed E-state index contributed by atoms with van der Waals surface area (Å²) in [5, 5.41) is 13.2. The van der Waals surface area contributed by atoms with Gasteiger partial charge in [-0.3, -0.25) is 0 Å². The van der Waals surface area contributed by atoms with Gasteiger partial charge in [0.1, 0.15) is 24.2 Å². The molecule has 2 rings (SSSR count). The highest BCUT2D eigenvalue weighted by Gasteiger charge is 2.09. The first-order chi connectivity index (χ1) is 10.1. The molecule has 0 bridgehead atoms. The maximum Gasteiger partial charge on any atom is 0.119 e. The Balaban J connectivity index is 1.65. The fraction of sp³-hybridized carbons (Fsp3) is 0.412. The number of nitrogens with one attached hydrogen (secondary N) is 1. The topological polar surface area (TPSA) is 54.6 Å². The summed E-state index contributed by atoms with van der Waals surface area (Å²) in [5.74, 6) is 1.73. The van der Waals surface area contributed by atoms with Crippen LogP contribution in [0.2, 0.25) is 0 Å². The Morgan fingerprint density at radius 3 is 2.67 bits per heavy atom. The van der Waals surface area contributed by atoms with E-state index in [1.165, 1.54) is 5.56 Å². The predicted molar refractivity (Wildman–Crippen MR) is 82.6 cm³/mol. The minimum absolute atomic E-state index is 0.241. The molecule has 0 fully saturated rings. The zero-order valence-corrected chi connectivity index (χ0v) is 12.6. The summed E-state index contributed by atoms with van der Waals surface area (Å²) in [6.07, 6.45) is 1.94. The van der Waals surface area contributed by atoms with Crippen LogP contribution in [-0.2, 0) is 6.42 Å². The van der Waals surface area contributed by atoms with Crippen LogP contribution < -0.4 is 10.1 Å². The standard InChI is InChI=1S/C17H23NO3/c1-13-5-7-16(8-6-13)21-12-15(19)11-18-14(2)10-17-4-3-9-20-17/h3-9,14-15,18-19H,10-12H2,1-2H3. The van der Waals surface area contributed by atoms with E-state index >= 15 is 0 Å². The van der Waals surface area contributed by atoms with Crippen LogP contribution in [0.15, 0.2) is 47.1 Å². The van der Waals surface area contributed by atoms with E-state index in [9.17, 15) is 5.11 Å². The van der Waals surface area contributed by atoms with Crippen LogP contribution >= 0.6 is 0 Å². The molecule has 0 radical (unpaired) electrons. The highest BCUT2D eigenvalue weighted by atomic mass is 16.5. The van der Waals surface area contributed by atoms with Crippen molar-refractivity contribution in [2.45, 2.75) is 32.4 Å². The van der Waals surface area contributed by atoms with Gasteiger partial charge in [0.15, 0.2) is 0 Å². The largest absolute Gasteiger partial charge is 0.491 e. The molecule has 21 heavy (non-hydrogen) atoms. The second-order valence-corrected chi connectivity index (χ2v) is 5.37. The molecule has 4 heteroatoms. The maximum atomic E-state index is 9.93. The summed E-state index contributed by atoms with van der Waals surface area (Å²) in [4.78, 5) is 0. The van der Waals surface area contributed by atoms with Crippen molar-refractivity contribution >= 4 is 0 Å². The van der Waals surface area contributed by atoms with E-state index < -0.39 is 6.10 Å². The van der Waals surface area contributed by atoms with Crippen molar-refractivity contribution in [1.29, 1.82) is 0 Å². The minimum Gasteiger partial charge on any atom is -0.491 e. The first kappa shape index (κ1) is 15.6. The van der Waals surface area contributed by atoms with Crippen LogP contribution in [-0.4, -0.2) is 30.4 Å². The molecule has 0 aliphatic rings. The monoisotopic (exact) mass is 289 g/mol. The maximum absolute atomic E-state index is 9.93. The van der Waals surface area contributed by atoms with Gasteiger partial charge in [0.05, 0.1) is 6.26 Å². The molecule has 2 atom stereocenters. The molecular weight excluding hydrogens is 266 g/mol. The van der Waals surface area contributed by atoms with Gasteiger partial charge < -0.3 is 19.6 Å². The van der Waals surface area contributed by atoms with E-state index in [0.717, 1.165) is 17.9 Å². The molecule has 1 aromatic heterocycles. The second-order valence-electron chi connectivity index (χ2n) is 5.37. The van der Waals surface area contributed by atoms with Crippen LogP contribution in [0, 0.1) is 6.92 Å². The van der Waals surface area contributed by atoms with Crippen molar-refractivity contribution in [3.8, 4) is 5.75 Å². The lowest BCUT2D eigenvalue weighted by atomic mass is 10.2. The Hall–Kier alpha value is -1.78. The van der Waals surface area contributed by atoms with Gasteiger partial charge in [-0.25, -0.2) is 0 Å². The van der Waals surface area contributed by atoms with E-state index in [1.807, 2.05) is 43.3 Å². The molecule has 0 saturated heterocycles. The first-order valence-corrected chi connectivity index (χ1v) is 7.27. The van der Waals surface area contributed by atoms with Gasteiger partial charge in [-0.05, 0) is 38.1 Å². The van der Waals surface area contributed by atoms with Crippen molar-refractivity contribution in [2.24, 2.45) is 0 Å². The molecule has 2 aromatic rings. The summed E-state index contributed by atoms with van der Waals surface area (Å²) in [6, 6.07) is 11.9. The van der Waals surface area contributed by atoms with Crippen LogP contribution in [0.4, 0.5) is 0 Å². The van der Waals surface area contributed by atoms with Crippen LogP contribution in [0.1, 0.15) is 18.2 Å². The van der Waals surface area contributed by atoms with E-state index in [-0.39, 0.29) is 12.6 Å². The number of aliphatic hydroxyl groups excluding tert-OH is 1. The fourth-order valence-corrected chi connectivity index (χ4v) is 2.03. The number of aryl methyl sites for hydroxylation is 1. The van der Waals surface area contributed by atoms with Crippen LogP contribution in [0.25, 0.3) is 0 Å². The molecule has 1 aromatic carbocycles. The molecule has 1 heterocycles. The van der Waals surface area contributed by atoms with Gasteiger partial charge in [0.2, 0.25) is 0 Å². The summed E-state index contributed by atoms with van der Waals surface area (Å²) in [6.45, 7) is 4.87. The van der Waals surface area contributed by atoms with Crippen molar-refractivity contribution in [3.05, 3.63) is 54.0 Å². The Labute approximate surface area is 125 Å². The minimum atomic E-state index is -0.537. The van der Waals surface area contributed by atoms with Gasteiger partial charge in [0, 0.05) is 19.0 Å². The van der Waals surface area contributed by atoms with E-state index in [1.54, 1.807) is 6.26 Å². The zero-order valence-electron chi connectivity index (χ0n) is 12.6. The van der Waals surface area contributed by atoms with Crippen LogP contribution in [0.3, 0.4) is 0 Å². The van der Waals surface area contributed by atoms with Crippen molar-refractivity contribution in [2.75, 3.05) is 13.2 Å². The molecule has 0 aliphatic heterocycles. The highest BCUT2D eigenvalue weighted by molar-refractivity contribution is 5.26. The van der Waals surface area contributed by atoms with E-state index in [4.69, 9.17) is 9.15 Å². The molecule has 4 nitrogen and oxygen atoms in total. The van der Waals surface area contributed by atoms with Gasteiger partial charge in [-0.2, -0.15) is 0 Å². The predicted octanol–water partition coefficient (Wildman–Crippen LogP) is 2.55. The summed E-state index contributed by atoms with van der Waals surface area (Å²) >= 11 is 0. The average molecular weight is 289 g/mol. The number of hydrogen-bond acceptors (Lipinski definition) is 4. The molecule has 0 saturated carbocycles. The third-order valence-electron chi connectivity index (χ3n) is 3.25. The lowest BCUT2D eigenvalue weighted by molar-refractivity contribution is 0.104. The lowest BCUT2D eigenvalue weighted by Gasteiger charge is -2.17. The van der Waals surface area contributed by atoms with Crippen molar-refractivity contribution in [3.63, 3.8) is 0 Å². The quantitative estimate of drug-likeness (QED) is 0.784. The number of aliphatic hydroxyl groups is 1. The zero-order chi connectivity index (χ0) is 15.1. The third-order valence-corrected chi connectivity index (χ3v) is 3.25. The second kappa shape index (κ2) is 7.86. The van der Waals surface area contributed by atoms with Gasteiger partial charge in [-0.1, -0.05) is 17.7 Å². The lowest BCUT2D eigenvalue weighted by Crippen LogP contribution is -2.37. The van der Waals surface area contributed by atoms with Gasteiger partial charge in [-0.15, -0.1) is 0 Å². The molecule has 0 amide bonds. The molecule has 0 spiro atoms.